The summed E-state index contributed by atoms with van der Waals surface area (Å²) in [5.74, 6) is 2.61. The number of piperidine rings is 2. The van der Waals surface area contributed by atoms with Crippen LogP contribution >= 0.6 is 0 Å². The number of rotatable bonds is 2. The highest BCUT2D eigenvalue weighted by atomic mass is 15.2. The molecule has 0 aromatic rings. The third-order valence-electron chi connectivity index (χ3n) is 5.69. The summed E-state index contributed by atoms with van der Waals surface area (Å²) in [6.07, 6.45) is 6.94. The molecule has 4 atom stereocenters. The molecule has 0 aromatic heterocycles. The zero-order chi connectivity index (χ0) is 11.8. The monoisotopic (exact) mass is 237 g/mol. The molecule has 0 aliphatic carbocycles. The van der Waals surface area contributed by atoms with E-state index in [4.69, 9.17) is 5.73 Å². The van der Waals surface area contributed by atoms with Crippen molar-refractivity contribution >= 4 is 0 Å². The molecule has 3 aliphatic heterocycles. The lowest BCUT2D eigenvalue weighted by atomic mass is 9.70. The minimum absolute atomic E-state index is 0.798. The Balaban J connectivity index is 1.78. The summed E-state index contributed by atoms with van der Waals surface area (Å²) in [5, 5.41) is 3.50. The molecular weight excluding hydrogens is 210 g/mol. The molecule has 3 saturated heterocycles. The number of fused-ring (bicyclic) bond motifs is 2. The molecule has 17 heavy (non-hydrogen) atoms. The van der Waals surface area contributed by atoms with Crippen LogP contribution in [0.5, 0.6) is 0 Å². The van der Waals surface area contributed by atoms with Gasteiger partial charge >= 0.3 is 0 Å². The van der Waals surface area contributed by atoms with E-state index in [0.29, 0.717) is 0 Å². The fourth-order valence-corrected chi connectivity index (χ4v) is 4.79. The first kappa shape index (κ1) is 11.9. The van der Waals surface area contributed by atoms with Gasteiger partial charge in [-0.05, 0) is 76.5 Å². The summed E-state index contributed by atoms with van der Waals surface area (Å²) in [4.78, 5) is 2.68. The number of nitrogens with zero attached hydrogens (tertiary/aromatic N) is 1. The van der Waals surface area contributed by atoms with Crippen molar-refractivity contribution in [2.45, 2.75) is 44.2 Å². The molecule has 0 radical (unpaired) electrons. The summed E-state index contributed by atoms with van der Waals surface area (Å²) in [5.41, 5.74) is 6.06. The Morgan fingerprint density at radius 2 is 1.94 bits per heavy atom. The van der Waals surface area contributed by atoms with Crippen molar-refractivity contribution in [1.29, 1.82) is 0 Å². The molecule has 3 nitrogen and oxygen atoms in total. The van der Waals surface area contributed by atoms with Gasteiger partial charge in [0, 0.05) is 12.1 Å². The van der Waals surface area contributed by atoms with Crippen molar-refractivity contribution in [3.05, 3.63) is 0 Å². The summed E-state index contributed by atoms with van der Waals surface area (Å²) in [7, 11) is 2.35. The van der Waals surface area contributed by atoms with Crippen LogP contribution in [0.25, 0.3) is 0 Å². The summed E-state index contributed by atoms with van der Waals surface area (Å²) < 4.78 is 0. The molecule has 3 fully saturated rings. The maximum Gasteiger partial charge on any atom is 0.0130 e. The molecule has 3 N–H and O–H groups in total. The maximum atomic E-state index is 6.06. The highest BCUT2D eigenvalue weighted by molar-refractivity contribution is 5.01. The summed E-state index contributed by atoms with van der Waals surface area (Å²) in [6, 6.07) is 1.68. The Hall–Kier alpha value is -0.120. The molecule has 3 heteroatoms. The Morgan fingerprint density at radius 1 is 1.18 bits per heavy atom. The second kappa shape index (κ2) is 4.87. The zero-order valence-corrected chi connectivity index (χ0v) is 11.1. The summed E-state index contributed by atoms with van der Waals surface area (Å²) >= 11 is 0. The van der Waals surface area contributed by atoms with E-state index < -0.39 is 0 Å². The van der Waals surface area contributed by atoms with Gasteiger partial charge in [0.15, 0.2) is 0 Å². The third-order valence-corrected chi connectivity index (χ3v) is 5.69. The van der Waals surface area contributed by atoms with Gasteiger partial charge < -0.3 is 16.0 Å². The van der Waals surface area contributed by atoms with Gasteiger partial charge in [0.25, 0.3) is 0 Å². The second-order valence-electron chi connectivity index (χ2n) is 6.36. The first-order valence-electron chi connectivity index (χ1n) is 7.44. The molecular formula is C14H27N3. The van der Waals surface area contributed by atoms with Crippen LogP contribution in [0.4, 0.5) is 0 Å². The number of hydrogen-bond donors (Lipinski definition) is 2. The second-order valence-corrected chi connectivity index (χ2v) is 6.36. The molecule has 2 bridgehead atoms. The molecule has 3 rings (SSSR count). The SMILES string of the molecule is CN1C2CCC1C(C1CCNCC1)C(CN)C2. The topological polar surface area (TPSA) is 41.3 Å². The van der Waals surface area contributed by atoms with Crippen molar-refractivity contribution in [2.75, 3.05) is 26.7 Å². The lowest BCUT2D eigenvalue weighted by Crippen LogP contribution is -2.52. The smallest absolute Gasteiger partial charge is 0.0130 e. The van der Waals surface area contributed by atoms with Gasteiger partial charge in [-0.25, -0.2) is 0 Å². The minimum Gasteiger partial charge on any atom is -0.330 e. The highest BCUT2D eigenvalue weighted by Crippen LogP contribution is 2.46. The van der Waals surface area contributed by atoms with E-state index in [1.165, 1.54) is 45.2 Å². The van der Waals surface area contributed by atoms with E-state index >= 15 is 0 Å². The average Bonchev–Trinajstić information content (AvgIpc) is 2.64. The van der Waals surface area contributed by atoms with E-state index in [1.54, 1.807) is 0 Å². The fraction of sp³-hybridized carbons (Fsp3) is 1.00. The molecule has 98 valence electrons. The number of nitrogens with one attached hydrogen (secondary N) is 1. The highest BCUT2D eigenvalue weighted by Gasteiger charge is 2.47. The fourth-order valence-electron chi connectivity index (χ4n) is 4.79. The first-order valence-corrected chi connectivity index (χ1v) is 7.44. The summed E-state index contributed by atoms with van der Waals surface area (Å²) in [6.45, 7) is 3.35. The van der Waals surface area contributed by atoms with Crippen LogP contribution in [0.3, 0.4) is 0 Å². The molecule has 3 heterocycles. The Bertz CT molecular complexity index is 262. The van der Waals surface area contributed by atoms with Crippen LogP contribution in [0.2, 0.25) is 0 Å². The van der Waals surface area contributed by atoms with Gasteiger partial charge in [-0.1, -0.05) is 0 Å². The third kappa shape index (κ3) is 2.02. The molecule has 0 amide bonds. The minimum atomic E-state index is 0.798. The van der Waals surface area contributed by atoms with Crippen molar-refractivity contribution in [2.24, 2.45) is 23.5 Å². The van der Waals surface area contributed by atoms with Crippen molar-refractivity contribution in [3.63, 3.8) is 0 Å². The molecule has 0 saturated carbocycles. The van der Waals surface area contributed by atoms with E-state index in [9.17, 15) is 0 Å². The average molecular weight is 237 g/mol. The van der Waals surface area contributed by atoms with Gasteiger partial charge in [-0.3, -0.25) is 0 Å². The van der Waals surface area contributed by atoms with Gasteiger partial charge in [0.2, 0.25) is 0 Å². The Morgan fingerprint density at radius 3 is 2.65 bits per heavy atom. The number of nitrogens with two attached hydrogens (primary N) is 1. The van der Waals surface area contributed by atoms with Crippen molar-refractivity contribution in [1.82, 2.24) is 10.2 Å². The molecule has 0 spiro atoms. The van der Waals surface area contributed by atoms with Gasteiger partial charge in [0.1, 0.15) is 0 Å². The standard InChI is InChI=1S/C14H27N3/c1-17-12-2-3-13(17)14(11(8-12)9-15)10-4-6-16-7-5-10/h10-14,16H,2-9,15H2,1H3. The van der Waals surface area contributed by atoms with Gasteiger partial charge in [-0.15, -0.1) is 0 Å². The van der Waals surface area contributed by atoms with Crippen LogP contribution in [0, 0.1) is 17.8 Å². The molecule has 0 aromatic carbocycles. The predicted molar refractivity (Wildman–Crippen MR) is 70.8 cm³/mol. The van der Waals surface area contributed by atoms with Crippen LogP contribution in [0.1, 0.15) is 32.1 Å². The zero-order valence-electron chi connectivity index (χ0n) is 11.1. The van der Waals surface area contributed by atoms with Crippen LogP contribution in [-0.2, 0) is 0 Å². The largest absolute Gasteiger partial charge is 0.330 e. The van der Waals surface area contributed by atoms with Crippen LogP contribution < -0.4 is 11.1 Å². The number of hydrogen-bond acceptors (Lipinski definition) is 3. The lowest BCUT2D eigenvalue weighted by Gasteiger charge is -2.47. The lowest BCUT2D eigenvalue weighted by molar-refractivity contribution is 0.0255. The van der Waals surface area contributed by atoms with Crippen molar-refractivity contribution in [3.8, 4) is 0 Å². The van der Waals surface area contributed by atoms with E-state index in [2.05, 4.69) is 17.3 Å². The first-order chi connectivity index (χ1) is 8.31. The van der Waals surface area contributed by atoms with E-state index in [1.807, 2.05) is 0 Å². The van der Waals surface area contributed by atoms with Gasteiger partial charge in [0.05, 0.1) is 0 Å². The normalized spacial score (nSPS) is 44.1. The van der Waals surface area contributed by atoms with Gasteiger partial charge in [-0.2, -0.15) is 0 Å². The maximum absolute atomic E-state index is 6.06. The van der Waals surface area contributed by atoms with E-state index in [0.717, 1.165) is 36.4 Å². The predicted octanol–water partition coefficient (Wildman–Crippen LogP) is 1.04. The molecule has 4 unspecified atom stereocenters. The molecule has 3 aliphatic rings. The Kier molecular flexibility index (Phi) is 3.42. The van der Waals surface area contributed by atoms with E-state index in [-0.39, 0.29) is 0 Å². The quantitative estimate of drug-likeness (QED) is 0.754. The Labute approximate surface area is 105 Å². The van der Waals surface area contributed by atoms with Crippen LogP contribution in [0.15, 0.2) is 0 Å². The van der Waals surface area contributed by atoms with Crippen molar-refractivity contribution < 1.29 is 0 Å². The van der Waals surface area contributed by atoms with Crippen LogP contribution in [-0.4, -0.2) is 43.7 Å².